The van der Waals surface area contributed by atoms with Crippen LogP contribution in [-0.4, -0.2) is 23.2 Å². The van der Waals surface area contributed by atoms with E-state index in [0.717, 1.165) is 25.2 Å². The zero-order valence-electron chi connectivity index (χ0n) is 9.87. The van der Waals surface area contributed by atoms with Crippen molar-refractivity contribution in [3.05, 3.63) is 29.6 Å². The van der Waals surface area contributed by atoms with E-state index in [2.05, 4.69) is 16.4 Å². The lowest BCUT2D eigenvalue weighted by Gasteiger charge is -2.14. The fourth-order valence-corrected chi connectivity index (χ4v) is 2.00. The topological polar surface area (TPSA) is 45.1 Å². The maximum Gasteiger partial charge on any atom is 0.0436 e. The highest BCUT2D eigenvalue weighted by atomic mass is 16.3. The highest BCUT2D eigenvalue weighted by molar-refractivity contribution is 5.13. The number of hydrogen-bond donors (Lipinski definition) is 2. The second-order valence-electron chi connectivity index (χ2n) is 4.88. The molecule has 1 heterocycles. The van der Waals surface area contributed by atoms with Gasteiger partial charge in [0.05, 0.1) is 0 Å². The molecule has 2 rings (SSSR count). The molecule has 3 nitrogen and oxygen atoms in total. The van der Waals surface area contributed by atoms with Gasteiger partial charge in [0.15, 0.2) is 0 Å². The molecule has 0 unspecified atom stereocenters. The Morgan fingerprint density at radius 3 is 2.81 bits per heavy atom. The molecule has 16 heavy (non-hydrogen) atoms. The molecule has 0 radical (unpaired) electrons. The minimum Gasteiger partial charge on any atom is -0.396 e. The first-order valence-corrected chi connectivity index (χ1v) is 5.97. The van der Waals surface area contributed by atoms with Gasteiger partial charge in [-0.2, -0.15) is 0 Å². The van der Waals surface area contributed by atoms with E-state index in [4.69, 9.17) is 5.11 Å². The lowest BCUT2D eigenvalue weighted by atomic mass is 10.0. The number of rotatable bonds is 6. The molecule has 1 fully saturated rings. The van der Waals surface area contributed by atoms with Crippen molar-refractivity contribution < 1.29 is 5.11 Å². The molecule has 1 saturated carbocycles. The first-order valence-electron chi connectivity index (χ1n) is 5.97. The summed E-state index contributed by atoms with van der Waals surface area (Å²) >= 11 is 0. The van der Waals surface area contributed by atoms with Gasteiger partial charge in [0.25, 0.3) is 0 Å². The molecule has 0 saturated heterocycles. The van der Waals surface area contributed by atoms with Gasteiger partial charge in [-0.3, -0.25) is 4.98 Å². The van der Waals surface area contributed by atoms with Crippen molar-refractivity contribution in [2.75, 3.05) is 13.2 Å². The molecule has 1 aromatic rings. The number of nitrogens with one attached hydrogen (secondary N) is 1. The van der Waals surface area contributed by atoms with E-state index in [0.29, 0.717) is 12.0 Å². The second kappa shape index (κ2) is 4.93. The van der Waals surface area contributed by atoms with Crippen LogP contribution in [0.5, 0.6) is 0 Å². The monoisotopic (exact) mass is 220 g/mol. The number of pyridine rings is 1. The van der Waals surface area contributed by atoms with Gasteiger partial charge in [0.2, 0.25) is 0 Å². The summed E-state index contributed by atoms with van der Waals surface area (Å²) in [6, 6.07) is 4.15. The molecule has 88 valence electrons. The molecule has 3 heteroatoms. The van der Waals surface area contributed by atoms with Gasteiger partial charge in [-0.25, -0.2) is 0 Å². The molecular weight excluding hydrogens is 200 g/mol. The Balaban J connectivity index is 1.74. The predicted molar refractivity (Wildman–Crippen MR) is 64.1 cm³/mol. The Morgan fingerprint density at radius 1 is 1.44 bits per heavy atom. The molecule has 1 aliphatic rings. The quantitative estimate of drug-likeness (QED) is 0.766. The molecule has 1 aliphatic carbocycles. The van der Waals surface area contributed by atoms with Crippen LogP contribution in [0.25, 0.3) is 0 Å². The first-order chi connectivity index (χ1) is 7.74. The van der Waals surface area contributed by atoms with E-state index in [9.17, 15) is 0 Å². The SMILES string of the molecule is Cc1ccc(CNCC2(CCO)CC2)cn1. The molecule has 1 aromatic heterocycles. The lowest BCUT2D eigenvalue weighted by molar-refractivity contribution is 0.245. The Bertz CT molecular complexity index is 330. The van der Waals surface area contributed by atoms with Gasteiger partial charge in [0, 0.05) is 31.6 Å². The molecule has 0 aromatic carbocycles. The van der Waals surface area contributed by atoms with Crippen LogP contribution in [0.4, 0.5) is 0 Å². The van der Waals surface area contributed by atoms with Crippen LogP contribution in [0, 0.1) is 12.3 Å². The van der Waals surface area contributed by atoms with Gasteiger partial charge in [-0.05, 0) is 43.2 Å². The van der Waals surface area contributed by atoms with Gasteiger partial charge >= 0.3 is 0 Å². The zero-order chi connectivity index (χ0) is 11.4. The van der Waals surface area contributed by atoms with E-state index < -0.39 is 0 Å². The fraction of sp³-hybridized carbons (Fsp3) is 0.615. The lowest BCUT2D eigenvalue weighted by Crippen LogP contribution is -2.24. The van der Waals surface area contributed by atoms with Crippen LogP contribution >= 0.6 is 0 Å². The molecule has 0 aliphatic heterocycles. The Morgan fingerprint density at radius 2 is 2.25 bits per heavy atom. The summed E-state index contributed by atoms with van der Waals surface area (Å²) in [5, 5.41) is 12.4. The van der Waals surface area contributed by atoms with Crippen molar-refractivity contribution in [3.8, 4) is 0 Å². The largest absolute Gasteiger partial charge is 0.396 e. The van der Waals surface area contributed by atoms with Gasteiger partial charge in [-0.1, -0.05) is 6.07 Å². The van der Waals surface area contributed by atoms with E-state index in [-0.39, 0.29) is 0 Å². The number of aliphatic hydroxyl groups excluding tert-OH is 1. The van der Waals surface area contributed by atoms with Crippen LogP contribution in [0.3, 0.4) is 0 Å². The van der Waals surface area contributed by atoms with Gasteiger partial charge in [-0.15, -0.1) is 0 Å². The van der Waals surface area contributed by atoms with Crippen molar-refractivity contribution in [2.24, 2.45) is 5.41 Å². The average molecular weight is 220 g/mol. The predicted octanol–water partition coefficient (Wildman–Crippen LogP) is 1.64. The Kier molecular flexibility index (Phi) is 3.56. The van der Waals surface area contributed by atoms with E-state index in [1.54, 1.807) is 0 Å². The molecule has 2 N–H and O–H groups in total. The third kappa shape index (κ3) is 3.03. The maximum atomic E-state index is 8.95. The number of aliphatic hydroxyl groups is 1. The van der Waals surface area contributed by atoms with Crippen molar-refractivity contribution in [3.63, 3.8) is 0 Å². The summed E-state index contributed by atoms with van der Waals surface area (Å²) in [4.78, 5) is 4.27. The maximum absolute atomic E-state index is 8.95. The molecule has 0 atom stereocenters. The zero-order valence-corrected chi connectivity index (χ0v) is 9.87. The summed E-state index contributed by atoms with van der Waals surface area (Å²) < 4.78 is 0. The standard InChI is InChI=1S/C13H20N2O/c1-11-2-3-12(9-15-11)8-14-10-13(4-5-13)6-7-16/h2-3,9,14,16H,4-8,10H2,1H3. The average Bonchev–Trinajstić information content (AvgIpc) is 3.02. The summed E-state index contributed by atoms with van der Waals surface area (Å²) in [5.41, 5.74) is 2.68. The summed E-state index contributed by atoms with van der Waals surface area (Å²) in [5.74, 6) is 0. The molecule has 0 amide bonds. The second-order valence-corrected chi connectivity index (χ2v) is 4.88. The van der Waals surface area contributed by atoms with E-state index >= 15 is 0 Å². The van der Waals surface area contributed by atoms with Crippen LogP contribution < -0.4 is 5.32 Å². The number of aryl methyl sites for hydroxylation is 1. The number of hydrogen-bond acceptors (Lipinski definition) is 3. The van der Waals surface area contributed by atoms with Crippen molar-refractivity contribution >= 4 is 0 Å². The third-order valence-corrected chi connectivity index (χ3v) is 3.40. The Labute approximate surface area is 96.9 Å². The minimum atomic E-state index is 0.313. The van der Waals surface area contributed by atoms with Crippen LogP contribution in [0.15, 0.2) is 18.3 Å². The summed E-state index contributed by atoms with van der Waals surface area (Å²) in [6.07, 6.45) is 5.37. The minimum absolute atomic E-state index is 0.313. The smallest absolute Gasteiger partial charge is 0.0436 e. The third-order valence-electron chi connectivity index (χ3n) is 3.40. The molecule has 0 bridgehead atoms. The van der Waals surface area contributed by atoms with Crippen LogP contribution in [0.1, 0.15) is 30.5 Å². The fourth-order valence-electron chi connectivity index (χ4n) is 2.00. The summed E-state index contributed by atoms with van der Waals surface area (Å²) in [7, 11) is 0. The van der Waals surface area contributed by atoms with Gasteiger partial charge < -0.3 is 10.4 Å². The highest BCUT2D eigenvalue weighted by Crippen LogP contribution is 2.47. The Hall–Kier alpha value is -0.930. The number of aromatic nitrogens is 1. The normalized spacial score (nSPS) is 17.4. The number of nitrogens with zero attached hydrogens (tertiary/aromatic N) is 1. The van der Waals surface area contributed by atoms with Crippen LogP contribution in [-0.2, 0) is 6.54 Å². The van der Waals surface area contributed by atoms with Crippen molar-refractivity contribution in [1.82, 2.24) is 10.3 Å². The first kappa shape index (κ1) is 11.6. The molecular formula is C13H20N2O. The molecule has 0 spiro atoms. The van der Waals surface area contributed by atoms with Gasteiger partial charge in [0.1, 0.15) is 0 Å². The highest BCUT2D eigenvalue weighted by Gasteiger charge is 2.41. The van der Waals surface area contributed by atoms with E-state index in [1.807, 2.05) is 19.2 Å². The van der Waals surface area contributed by atoms with E-state index in [1.165, 1.54) is 18.4 Å². The van der Waals surface area contributed by atoms with Crippen LogP contribution in [0.2, 0.25) is 0 Å². The van der Waals surface area contributed by atoms with Crippen molar-refractivity contribution in [1.29, 1.82) is 0 Å². The van der Waals surface area contributed by atoms with Crippen molar-refractivity contribution in [2.45, 2.75) is 32.7 Å². The summed E-state index contributed by atoms with van der Waals surface area (Å²) in [6.45, 7) is 4.20.